The molecule has 0 unspecified atom stereocenters. The molecule has 8 nitrogen and oxygen atoms in total. The van der Waals surface area contributed by atoms with E-state index in [0.717, 1.165) is 15.6 Å². The van der Waals surface area contributed by atoms with Gasteiger partial charge in [-0.3, -0.25) is 19.8 Å². The quantitative estimate of drug-likeness (QED) is 0.281. The Labute approximate surface area is 216 Å². The van der Waals surface area contributed by atoms with Crippen molar-refractivity contribution in [1.29, 1.82) is 0 Å². The summed E-state index contributed by atoms with van der Waals surface area (Å²) in [5.74, 6) is -1.53. The lowest BCUT2D eigenvalue weighted by Gasteiger charge is -2.13. The number of halogens is 1. The summed E-state index contributed by atoms with van der Waals surface area (Å²) in [7, 11) is 0. The van der Waals surface area contributed by atoms with Crippen LogP contribution in [0.25, 0.3) is 10.9 Å². The minimum absolute atomic E-state index is 0.157. The first-order valence-electron chi connectivity index (χ1n) is 11.3. The fraction of sp³-hybridized carbons (Fsp3) is 0.148. The molecule has 9 heteroatoms. The van der Waals surface area contributed by atoms with Crippen molar-refractivity contribution in [1.82, 2.24) is 4.68 Å². The van der Waals surface area contributed by atoms with E-state index in [9.17, 15) is 14.4 Å². The molecule has 0 atom stereocenters. The third-order valence-corrected chi connectivity index (χ3v) is 5.81. The average Bonchev–Trinajstić information content (AvgIpc) is 3.17. The van der Waals surface area contributed by atoms with Gasteiger partial charge in [0.05, 0.1) is 12.1 Å². The molecule has 3 amide bonds. The van der Waals surface area contributed by atoms with E-state index >= 15 is 0 Å². The second kappa shape index (κ2) is 10.7. The highest BCUT2D eigenvalue weighted by atomic mass is 79.9. The fourth-order valence-electron chi connectivity index (χ4n) is 3.86. The van der Waals surface area contributed by atoms with Gasteiger partial charge in [-0.1, -0.05) is 22.0 Å². The number of aryl methyl sites for hydroxylation is 2. The van der Waals surface area contributed by atoms with Crippen LogP contribution in [-0.4, -0.2) is 29.0 Å². The van der Waals surface area contributed by atoms with E-state index in [1.807, 2.05) is 32.9 Å². The first kappa shape index (κ1) is 25.0. The summed E-state index contributed by atoms with van der Waals surface area (Å²) in [6.07, 6.45) is 0. The lowest BCUT2D eigenvalue weighted by atomic mass is 10.1. The molecule has 0 spiro atoms. The molecule has 0 aliphatic rings. The maximum Gasteiger partial charge on any atom is 0.328 e. The number of fused-ring (bicyclic) bond motifs is 1. The molecule has 1 heterocycles. The van der Waals surface area contributed by atoms with Gasteiger partial charge in [-0.05, 0) is 92.6 Å². The van der Waals surface area contributed by atoms with E-state index in [1.54, 1.807) is 54.6 Å². The zero-order chi connectivity index (χ0) is 25.8. The first-order chi connectivity index (χ1) is 17.2. The van der Waals surface area contributed by atoms with Crippen LogP contribution in [0.3, 0.4) is 0 Å². The SMILES string of the molecule is CCOc1ccc(NC(=O)c2cc3cc(Br)ccc3n2NC(=O)C(=O)Nc2cc(C)cc(C)c2)cc1. The molecular formula is C27H25BrN4O4. The van der Waals surface area contributed by atoms with E-state index < -0.39 is 17.7 Å². The number of carbonyl (C=O) groups is 3. The second-order valence-corrected chi connectivity index (χ2v) is 9.17. The number of nitrogens with one attached hydrogen (secondary N) is 3. The van der Waals surface area contributed by atoms with Gasteiger partial charge in [-0.15, -0.1) is 0 Å². The molecule has 0 fully saturated rings. The molecule has 0 saturated heterocycles. The number of benzene rings is 3. The van der Waals surface area contributed by atoms with E-state index in [2.05, 4.69) is 32.0 Å². The number of hydrogen-bond donors (Lipinski definition) is 3. The molecule has 4 rings (SSSR count). The molecule has 184 valence electrons. The van der Waals surface area contributed by atoms with Gasteiger partial charge in [0, 0.05) is 21.2 Å². The van der Waals surface area contributed by atoms with E-state index in [0.29, 0.717) is 34.6 Å². The van der Waals surface area contributed by atoms with Crippen LogP contribution in [0.4, 0.5) is 11.4 Å². The molecule has 4 aromatic rings. The molecule has 3 N–H and O–H groups in total. The molecule has 0 bridgehead atoms. The van der Waals surface area contributed by atoms with Crippen LogP contribution in [-0.2, 0) is 9.59 Å². The predicted molar refractivity (Wildman–Crippen MR) is 144 cm³/mol. The van der Waals surface area contributed by atoms with E-state index in [1.165, 1.54) is 4.68 Å². The number of amides is 3. The zero-order valence-corrected chi connectivity index (χ0v) is 21.6. The Balaban J connectivity index is 1.59. The summed E-state index contributed by atoms with van der Waals surface area (Å²) >= 11 is 3.43. The monoisotopic (exact) mass is 548 g/mol. The van der Waals surface area contributed by atoms with Gasteiger partial charge in [0.1, 0.15) is 11.4 Å². The summed E-state index contributed by atoms with van der Waals surface area (Å²) in [6.45, 7) is 6.24. The highest BCUT2D eigenvalue weighted by Gasteiger charge is 2.21. The first-order valence-corrected chi connectivity index (χ1v) is 12.1. The summed E-state index contributed by atoms with van der Waals surface area (Å²) in [6, 6.07) is 19.5. The largest absolute Gasteiger partial charge is 0.494 e. The van der Waals surface area contributed by atoms with Crippen molar-refractivity contribution in [3.63, 3.8) is 0 Å². The van der Waals surface area contributed by atoms with Crippen molar-refractivity contribution in [3.8, 4) is 5.75 Å². The second-order valence-electron chi connectivity index (χ2n) is 8.25. The van der Waals surface area contributed by atoms with E-state index in [-0.39, 0.29) is 5.69 Å². The fourth-order valence-corrected chi connectivity index (χ4v) is 4.24. The topological polar surface area (TPSA) is 101 Å². The van der Waals surface area contributed by atoms with Crippen LogP contribution < -0.4 is 20.8 Å². The van der Waals surface area contributed by atoms with Crippen molar-refractivity contribution in [2.45, 2.75) is 20.8 Å². The van der Waals surface area contributed by atoms with Crippen molar-refractivity contribution in [2.24, 2.45) is 0 Å². The molecular weight excluding hydrogens is 524 g/mol. The van der Waals surface area contributed by atoms with Gasteiger partial charge < -0.3 is 15.4 Å². The Kier molecular flexibility index (Phi) is 7.40. The Morgan fingerprint density at radius 1 is 0.833 bits per heavy atom. The Morgan fingerprint density at radius 2 is 1.53 bits per heavy atom. The Hall–Kier alpha value is -4.11. The third kappa shape index (κ3) is 5.75. The smallest absolute Gasteiger partial charge is 0.328 e. The number of anilines is 2. The zero-order valence-electron chi connectivity index (χ0n) is 20.0. The normalized spacial score (nSPS) is 10.7. The maximum absolute atomic E-state index is 13.2. The molecule has 0 radical (unpaired) electrons. The van der Waals surface area contributed by atoms with Crippen molar-refractivity contribution >= 4 is 55.9 Å². The number of ether oxygens (including phenoxy) is 1. The lowest BCUT2D eigenvalue weighted by molar-refractivity contribution is -0.133. The number of carbonyl (C=O) groups excluding carboxylic acids is 3. The number of aromatic nitrogens is 1. The Morgan fingerprint density at radius 3 is 2.19 bits per heavy atom. The van der Waals surface area contributed by atoms with Gasteiger partial charge in [-0.2, -0.15) is 0 Å². The molecule has 0 saturated carbocycles. The standard InChI is InChI=1S/C27H25BrN4O4/c1-4-36-22-8-6-20(7-9-22)29-25(33)24-15-18-14-19(28)5-10-23(18)32(24)31-27(35)26(34)30-21-12-16(2)11-17(3)13-21/h5-15H,4H2,1-3H3,(H,29,33)(H,30,34)(H,31,35). The summed E-state index contributed by atoms with van der Waals surface area (Å²) in [4.78, 5) is 38.7. The number of nitrogens with zero attached hydrogens (tertiary/aromatic N) is 1. The van der Waals surface area contributed by atoms with Crippen LogP contribution in [0.5, 0.6) is 5.75 Å². The minimum atomic E-state index is -0.912. The van der Waals surface area contributed by atoms with Crippen molar-refractivity contribution in [2.75, 3.05) is 22.7 Å². The summed E-state index contributed by atoms with van der Waals surface area (Å²) in [5.41, 5.74) is 6.27. The van der Waals surface area contributed by atoms with Crippen LogP contribution in [0, 0.1) is 13.8 Å². The van der Waals surface area contributed by atoms with Crippen LogP contribution in [0.1, 0.15) is 28.5 Å². The van der Waals surface area contributed by atoms with E-state index in [4.69, 9.17) is 4.74 Å². The van der Waals surface area contributed by atoms with Crippen molar-refractivity contribution in [3.05, 3.63) is 88.0 Å². The van der Waals surface area contributed by atoms with Gasteiger partial charge in [0.2, 0.25) is 0 Å². The molecule has 3 aromatic carbocycles. The van der Waals surface area contributed by atoms with Gasteiger partial charge in [0.25, 0.3) is 5.91 Å². The number of hydrogen-bond acceptors (Lipinski definition) is 4. The molecule has 36 heavy (non-hydrogen) atoms. The summed E-state index contributed by atoms with van der Waals surface area (Å²) in [5, 5.41) is 6.14. The van der Waals surface area contributed by atoms with Crippen LogP contribution >= 0.6 is 15.9 Å². The maximum atomic E-state index is 13.2. The van der Waals surface area contributed by atoms with Crippen LogP contribution in [0.15, 0.2) is 71.2 Å². The van der Waals surface area contributed by atoms with Gasteiger partial charge in [-0.25, -0.2) is 4.68 Å². The van der Waals surface area contributed by atoms with Crippen LogP contribution in [0.2, 0.25) is 0 Å². The van der Waals surface area contributed by atoms with Crippen molar-refractivity contribution < 1.29 is 19.1 Å². The Bertz CT molecular complexity index is 1440. The lowest BCUT2D eigenvalue weighted by Crippen LogP contribution is -2.36. The van der Waals surface area contributed by atoms with Gasteiger partial charge in [0.15, 0.2) is 0 Å². The molecule has 1 aromatic heterocycles. The van der Waals surface area contributed by atoms with Gasteiger partial charge >= 0.3 is 11.8 Å². The average molecular weight is 549 g/mol. The molecule has 0 aliphatic heterocycles. The minimum Gasteiger partial charge on any atom is -0.494 e. The highest BCUT2D eigenvalue weighted by Crippen LogP contribution is 2.24. The molecule has 0 aliphatic carbocycles. The predicted octanol–water partition coefficient (Wildman–Crippen LogP) is 5.38. The third-order valence-electron chi connectivity index (χ3n) is 5.32. The highest BCUT2D eigenvalue weighted by molar-refractivity contribution is 9.10. The summed E-state index contributed by atoms with van der Waals surface area (Å²) < 4.78 is 7.56. The number of rotatable bonds is 6.